The third-order valence-electron chi connectivity index (χ3n) is 3.39. The number of hydrogen-bond acceptors (Lipinski definition) is 4. The van der Waals surface area contributed by atoms with Crippen LogP contribution in [0.3, 0.4) is 0 Å². The SMILES string of the molecule is CC1CN(C(=O)c2cc(F)cc(S(N)(=O)=O)c2Br)CC(C)N1. The van der Waals surface area contributed by atoms with Gasteiger partial charge in [0.05, 0.1) is 14.9 Å². The summed E-state index contributed by atoms with van der Waals surface area (Å²) in [6.07, 6.45) is 0. The summed E-state index contributed by atoms with van der Waals surface area (Å²) in [5, 5.41) is 8.34. The molecular weight excluding hydrogens is 377 g/mol. The number of carbonyl (C=O) groups is 1. The highest BCUT2D eigenvalue weighted by Crippen LogP contribution is 2.28. The van der Waals surface area contributed by atoms with E-state index in [0.717, 1.165) is 12.1 Å². The maximum Gasteiger partial charge on any atom is 0.255 e. The van der Waals surface area contributed by atoms with Crippen LogP contribution in [0.4, 0.5) is 4.39 Å². The zero-order valence-corrected chi connectivity index (χ0v) is 14.5. The summed E-state index contributed by atoms with van der Waals surface area (Å²) in [6.45, 7) is 4.78. The Labute approximate surface area is 137 Å². The largest absolute Gasteiger partial charge is 0.336 e. The molecule has 1 amide bonds. The number of nitrogens with one attached hydrogen (secondary N) is 1. The fourth-order valence-corrected chi connectivity index (χ4v) is 4.30. The van der Waals surface area contributed by atoms with Gasteiger partial charge in [0.1, 0.15) is 5.82 Å². The molecular formula is C13H17BrFN3O3S. The Morgan fingerprint density at radius 3 is 2.41 bits per heavy atom. The molecule has 1 saturated heterocycles. The maximum absolute atomic E-state index is 13.7. The Hall–Kier alpha value is -1.03. The second-order valence-corrected chi connectivity index (χ2v) is 7.81. The van der Waals surface area contributed by atoms with E-state index in [0.29, 0.717) is 13.1 Å². The quantitative estimate of drug-likeness (QED) is 0.785. The van der Waals surface area contributed by atoms with Crippen molar-refractivity contribution in [3.05, 3.63) is 28.0 Å². The maximum atomic E-state index is 13.7. The van der Waals surface area contributed by atoms with Crippen LogP contribution in [-0.4, -0.2) is 44.4 Å². The van der Waals surface area contributed by atoms with Gasteiger partial charge in [-0.05, 0) is 41.9 Å². The van der Waals surface area contributed by atoms with Crippen LogP contribution < -0.4 is 10.5 Å². The molecule has 0 spiro atoms. The van der Waals surface area contributed by atoms with Gasteiger partial charge in [-0.1, -0.05) is 0 Å². The third kappa shape index (κ3) is 3.65. The molecule has 0 aromatic heterocycles. The molecule has 122 valence electrons. The molecule has 0 radical (unpaired) electrons. The van der Waals surface area contributed by atoms with Crippen molar-refractivity contribution in [1.82, 2.24) is 10.2 Å². The molecule has 0 bridgehead atoms. The fraction of sp³-hybridized carbons (Fsp3) is 0.462. The summed E-state index contributed by atoms with van der Waals surface area (Å²) in [4.78, 5) is 13.7. The van der Waals surface area contributed by atoms with Gasteiger partial charge in [-0.3, -0.25) is 4.79 Å². The Balaban J connectivity index is 2.44. The Kier molecular flexibility index (Phi) is 4.90. The zero-order valence-electron chi connectivity index (χ0n) is 12.1. The predicted molar refractivity (Wildman–Crippen MR) is 83.4 cm³/mol. The van der Waals surface area contributed by atoms with Crippen LogP contribution in [0.1, 0.15) is 24.2 Å². The number of sulfonamides is 1. The van der Waals surface area contributed by atoms with Crippen molar-refractivity contribution < 1.29 is 17.6 Å². The molecule has 1 heterocycles. The second-order valence-electron chi connectivity index (χ2n) is 5.49. The summed E-state index contributed by atoms with van der Waals surface area (Å²) >= 11 is 3.06. The highest BCUT2D eigenvalue weighted by molar-refractivity contribution is 9.10. The van der Waals surface area contributed by atoms with Gasteiger partial charge in [0.2, 0.25) is 10.0 Å². The highest BCUT2D eigenvalue weighted by Gasteiger charge is 2.29. The zero-order chi connectivity index (χ0) is 16.7. The molecule has 3 N–H and O–H groups in total. The van der Waals surface area contributed by atoms with Crippen LogP contribution in [0.5, 0.6) is 0 Å². The van der Waals surface area contributed by atoms with Gasteiger partial charge < -0.3 is 10.2 Å². The number of amides is 1. The summed E-state index contributed by atoms with van der Waals surface area (Å²) in [6, 6.07) is 1.99. The molecule has 1 aliphatic heterocycles. The van der Waals surface area contributed by atoms with Crippen molar-refractivity contribution >= 4 is 31.9 Å². The van der Waals surface area contributed by atoms with Gasteiger partial charge in [-0.2, -0.15) is 0 Å². The number of rotatable bonds is 2. The van der Waals surface area contributed by atoms with Gasteiger partial charge in [-0.25, -0.2) is 17.9 Å². The molecule has 6 nitrogen and oxygen atoms in total. The predicted octanol–water partition coefficient (Wildman–Crippen LogP) is 1.06. The number of carbonyl (C=O) groups excluding carboxylic acids is 1. The number of piperazine rings is 1. The van der Waals surface area contributed by atoms with Gasteiger partial charge in [0, 0.05) is 25.2 Å². The van der Waals surface area contributed by atoms with Crippen LogP contribution in [-0.2, 0) is 10.0 Å². The van der Waals surface area contributed by atoms with Crippen LogP contribution in [0.25, 0.3) is 0 Å². The Bertz CT molecular complexity index is 701. The van der Waals surface area contributed by atoms with Gasteiger partial charge in [0.25, 0.3) is 5.91 Å². The summed E-state index contributed by atoms with van der Waals surface area (Å²) < 4.78 is 36.7. The number of hydrogen-bond donors (Lipinski definition) is 2. The lowest BCUT2D eigenvalue weighted by Crippen LogP contribution is -2.55. The lowest BCUT2D eigenvalue weighted by atomic mass is 10.1. The lowest BCUT2D eigenvalue weighted by Gasteiger charge is -2.36. The van der Waals surface area contributed by atoms with Crippen molar-refractivity contribution in [3.63, 3.8) is 0 Å². The summed E-state index contributed by atoms with van der Waals surface area (Å²) in [5.74, 6) is -1.26. The van der Waals surface area contributed by atoms with Gasteiger partial charge in [-0.15, -0.1) is 0 Å². The lowest BCUT2D eigenvalue weighted by molar-refractivity contribution is 0.0672. The first-order valence-electron chi connectivity index (χ1n) is 6.66. The fourth-order valence-electron chi connectivity index (χ4n) is 2.59. The number of primary sulfonamides is 1. The summed E-state index contributed by atoms with van der Waals surface area (Å²) in [5.41, 5.74) is -0.0506. The Morgan fingerprint density at radius 1 is 1.36 bits per heavy atom. The smallest absolute Gasteiger partial charge is 0.255 e. The number of nitrogens with zero attached hydrogens (tertiary/aromatic N) is 1. The standard InChI is InChI=1S/C13H17BrFN3O3S/c1-7-5-18(6-8(2)17-7)13(19)10-3-9(15)4-11(12(10)14)22(16,20)21/h3-4,7-8,17H,5-6H2,1-2H3,(H2,16,20,21). The molecule has 2 rings (SSSR count). The minimum Gasteiger partial charge on any atom is -0.336 e. The Morgan fingerprint density at radius 2 is 1.91 bits per heavy atom. The van der Waals surface area contributed by atoms with Crippen molar-refractivity contribution in [2.24, 2.45) is 5.14 Å². The molecule has 1 aromatic carbocycles. The molecule has 1 aliphatic rings. The monoisotopic (exact) mass is 393 g/mol. The highest BCUT2D eigenvalue weighted by atomic mass is 79.9. The van der Waals surface area contributed by atoms with Crippen LogP contribution in [0, 0.1) is 5.82 Å². The molecule has 2 atom stereocenters. The van der Waals surface area contributed by atoms with E-state index in [1.165, 1.54) is 0 Å². The first-order chi connectivity index (χ1) is 10.1. The van der Waals surface area contributed by atoms with Crippen LogP contribution in [0.2, 0.25) is 0 Å². The van der Waals surface area contributed by atoms with E-state index in [-0.39, 0.29) is 22.1 Å². The van der Waals surface area contributed by atoms with Crippen molar-refractivity contribution in [1.29, 1.82) is 0 Å². The molecule has 0 aliphatic carbocycles. The van der Waals surface area contributed by atoms with Crippen molar-refractivity contribution in [2.45, 2.75) is 30.8 Å². The van der Waals surface area contributed by atoms with E-state index in [2.05, 4.69) is 21.2 Å². The normalized spacial score (nSPS) is 22.7. The molecule has 1 fully saturated rings. The van der Waals surface area contributed by atoms with Gasteiger partial charge in [0.15, 0.2) is 0 Å². The first-order valence-corrected chi connectivity index (χ1v) is 9.00. The van der Waals surface area contributed by atoms with Crippen molar-refractivity contribution in [2.75, 3.05) is 13.1 Å². The second kappa shape index (κ2) is 6.23. The molecule has 22 heavy (non-hydrogen) atoms. The minimum absolute atomic E-state index is 0.0137. The van der Waals surface area contributed by atoms with E-state index < -0.39 is 26.6 Å². The summed E-state index contributed by atoms with van der Waals surface area (Å²) in [7, 11) is -4.13. The molecule has 0 saturated carbocycles. The van der Waals surface area contributed by atoms with E-state index >= 15 is 0 Å². The average molecular weight is 394 g/mol. The number of nitrogens with two attached hydrogens (primary N) is 1. The molecule has 1 aromatic rings. The van der Waals surface area contributed by atoms with E-state index in [1.807, 2.05) is 13.8 Å². The molecule has 2 unspecified atom stereocenters. The van der Waals surface area contributed by atoms with Crippen molar-refractivity contribution in [3.8, 4) is 0 Å². The first kappa shape index (κ1) is 17.3. The van der Waals surface area contributed by atoms with E-state index in [4.69, 9.17) is 5.14 Å². The van der Waals surface area contributed by atoms with E-state index in [1.54, 1.807) is 4.90 Å². The topological polar surface area (TPSA) is 92.5 Å². The third-order valence-corrected chi connectivity index (χ3v) is 5.44. The van der Waals surface area contributed by atoms with Gasteiger partial charge >= 0.3 is 0 Å². The van der Waals surface area contributed by atoms with Crippen LogP contribution >= 0.6 is 15.9 Å². The minimum atomic E-state index is -4.13. The van der Waals surface area contributed by atoms with Crippen LogP contribution in [0.15, 0.2) is 21.5 Å². The molecule has 9 heteroatoms. The average Bonchev–Trinajstić information content (AvgIpc) is 2.37. The number of benzene rings is 1. The number of halogens is 2. The van der Waals surface area contributed by atoms with E-state index in [9.17, 15) is 17.6 Å².